The Balaban J connectivity index is 2.36. The van der Waals surface area contributed by atoms with Crippen molar-refractivity contribution in [3.8, 4) is 6.07 Å². The predicted molar refractivity (Wildman–Crippen MR) is 36.8 cm³/mol. The summed E-state index contributed by atoms with van der Waals surface area (Å²) in [4.78, 5) is 0. The zero-order chi connectivity index (χ0) is 5.82. The lowest BCUT2D eigenvalue weighted by Crippen LogP contribution is -2.00. The van der Waals surface area contributed by atoms with Crippen molar-refractivity contribution in [3.05, 3.63) is 0 Å². The molecule has 0 aromatic rings. The topological polar surface area (TPSA) is 35.8 Å². The molecule has 1 aliphatic heterocycles. The van der Waals surface area contributed by atoms with Crippen molar-refractivity contribution in [2.75, 3.05) is 12.3 Å². The lowest BCUT2D eigenvalue weighted by Gasteiger charge is -1.93. The van der Waals surface area contributed by atoms with E-state index in [0.717, 1.165) is 13.0 Å². The molecular weight excluding hydrogens is 120 g/mol. The molecule has 44 valence electrons. The normalized spacial score (nSPS) is 26.6. The van der Waals surface area contributed by atoms with E-state index in [1.165, 1.54) is 0 Å². The van der Waals surface area contributed by atoms with Gasteiger partial charge in [0, 0.05) is 6.54 Å². The van der Waals surface area contributed by atoms with Gasteiger partial charge in [0.15, 0.2) is 0 Å². The fraction of sp³-hybridized carbons (Fsp3) is 0.600. The fourth-order valence-electron chi connectivity index (χ4n) is 0.630. The number of hydrogen-bond acceptors (Lipinski definition) is 2. The molecule has 2 nitrogen and oxygen atoms in total. The summed E-state index contributed by atoms with van der Waals surface area (Å²) in [7, 11) is 0.137. The van der Waals surface area contributed by atoms with Gasteiger partial charge in [0.05, 0.1) is 11.8 Å². The Morgan fingerprint density at radius 1 is 1.88 bits per heavy atom. The maximum Gasteiger partial charge on any atom is 0.0886 e. The van der Waals surface area contributed by atoms with Crippen LogP contribution in [0, 0.1) is 11.3 Å². The molecule has 1 unspecified atom stereocenters. The molecular formula is C5H8N2S. The van der Waals surface area contributed by atoms with Gasteiger partial charge >= 0.3 is 0 Å². The van der Waals surface area contributed by atoms with Crippen molar-refractivity contribution >= 4 is 16.0 Å². The summed E-state index contributed by atoms with van der Waals surface area (Å²) in [6, 6.07) is 2.13. The van der Waals surface area contributed by atoms with Crippen LogP contribution in [0.2, 0.25) is 0 Å². The zero-order valence-electron chi connectivity index (χ0n) is 4.55. The summed E-state index contributed by atoms with van der Waals surface area (Å²) in [5, 5.41) is 10.4. The molecule has 1 heterocycles. The van der Waals surface area contributed by atoms with Gasteiger partial charge in [-0.25, -0.2) is 0 Å². The van der Waals surface area contributed by atoms with Crippen LogP contribution >= 0.6 is 10.7 Å². The van der Waals surface area contributed by atoms with E-state index in [9.17, 15) is 0 Å². The first-order chi connectivity index (χ1) is 3.93. The van der Waals surface area contributed by atoms with Crippen molar-refractivity contribution in [2.45, 2.75) is 6.42 Å². The van der Waals surface area contributed by atoms with Crippen molar-refractivity contribution < 1.29 is 0 Å². The highest BCUT2D eigenvalue weighted by atomic mass is 32.2. The molecule has 1 rings (SSSR count). The predicted octanol–water partition coefficient (Wildman–Crippen LogP) is 0.489. The zero-order valence-corrected chi connectivity index (χ0v) is 5.37. The third-order valence-electron chi connectivity index (χ3n) is 0.971. The number of nitrogens with zero attached hydrogens (tertiary/aromatic N) is 1. The largest absolute Gasteiger partial charge is 0.269 e. The molecule has 3 heteroatoms. The van der Waals surface area contributed by atoms with Crippen LogP contribution in [0.4, 0.5) is 0 Å². The molecule has 0 radical (unpaired) electrons. The highest BCUT2D eigenvalue weighted by Crippen LogP contribution is 2.09. The van der Waals surface area contributed by atoms with Gasteiger partial charge in [-0.15, -0.1) is 10.7 Å². The molecule has 8 heavy (non-hydrogen) atoms. The number of rotatable bonds is 1. The molecule has 0 spiro atoms. The molecule has 0 aliphatic carbocycles. The van der Waals surface area contributed by atoms with Gasteiger partial charge in [-0.3, -0.25) is 4.72 Å². The number of nitrogens with one attached hydrogen (secondary N) is 1. The highest BCUT2D eigenvalue weighted by molar-refractivity contribution is 8.13. The Hall–Kier alpha value is -0.330. The van der Waals surface area contributed by atoms with Crippen LogP contribution in [0.5, 0.6) is 0 Å². The molecule has 0 saturated carbocycles. The molecule has 0 amide bonds. The molecule has 0 saturated heterocycles. The van der Waals surface area contributed by atoms with E-state index in [1.807, 2.05) is 0 Å². The van der Waals surface area contributed by atoms with E-state index in [1.54, 1.807) is 0 Å². The quantitative estimate of drug-likeness (QED) is 0.522. The van der Waals surface area contributed by atoms with Crippen LogP contribution in [0.25, 0.3) is 0 Å². The maximum absolute atomic E-state index is 8.22. The first-order valence-electron chi connectivity index (χ1n) is 2.57. The van der Waals surface area contributed by atoms with Gasteiger partial charge in [-0.05, 0) is 11.8 Å². The first-order valence-corrected chi connectivity index (χ1v) is 4.02. The van der Waals surface area contributed by atoms with Crippen LogP contribution in [0.15, 0.2) is 0 Å². The average molecular weight is 128 g/mol. The molecule has 1 N–H and O–H groups in total. The van der Waals surface area contributed by atoms with Crippen LogP contribution in [-0.2, 0) is 0 Å². The monoisotopic (exact) mass is 128 g/mol. The molecule has 0 fully saturated rings. The van der Waals surface area contributed by atoms with E-state index in [-0.39, 0.29) is 10.7 Å². The van der Waals surface area contributed by atoms with Crippen molar-refractivity contribution in [1.29, 1.82) is 5.26 Å². The van der Waals surface area contributed by atoms with Crippen LogP contribution < -0.4 is 4.72 Å². The summed E-state index contributed by atoms with van der Waals surface area (Å²) >= 11 is 0. The minimum atomic E-state index is 0.137. The Labute approximate surface area is 51.6 Å². The second-order valence-electron chi connectivity index (χ2n) is 1.58. The number of hydrogen-bond donors (Lipinski definition) is 1. The van der Waals surface area contributed by atoms with Gasteiger partial charge in [0.25, 0.3) is 0 Å². The Morgan fingerprint density at radius 2 is 2.75 bits per heavy atom. The number of nitriles is 1. The third-order valence-corrected chi connectivity index (χ3v) is 2.62. The smallest absolute Gasteiger partial charge is 0.0886 e. The van der Waals surface area contributed by atoms with Gasteiger partial charge in [-0.2, -0.15) is 5.26 Å². The molecule has 0 aromatic carbocycles. The summed E-state index contributed by atoms with van der Waals surface area (Å²) in [5.74, 6) is 0.653. The first kappa shape index (κ1) is 5.80. The summed E-state index contributed by atoms with van der Waals surface area (Å²) in [6.07, 6.45) is 1.13. The fourth-order valence-corrected chi connectivity index (χ4v) is 1.89. The molecule has 0 bridgehead atoms. The Morgan fingerprint density at radius 3 is 3.25 bits per heavy atom. The summed E-state index contributed by atoms with van der Waals surface area (Å²) in [5.41, 5.74) is 0. The Kier molecular flexibility index (Phi) is 2.07. The van der Waals surface area contributed by atoms with Crippen molar-refractivity contribution in [2.24, 2.45) is 0 Å². The van der Waals surface area contributed by atoms with E-state index in [4.69, 9.17) is 5.26 Å². The van der Waals surface area contributed by atoms with Gasteiger partial charge in [-0.1, -0.05) is 0 Å². The standard InChI is InChI=1S/C5H8N2S/c6-2-5-8-4-1-3-7-8/h4,7H,1,3,5H2. The third kappa shape index (κ3) is 1.32. The van der Waals surface area contributed by atoms with E-state index in [0.29, 0.717) is 5.75 Å². The van der Waals surface area contributed by atoms with E-state index >= 15 is 0 Å². The SMILES string of the molecule is N#CCS1=CCCN1. The van der Waals surface area contributed by atoms with Gasteiger partial charge in [0.1, 0.15) is 0 Å². The second-order valence-corrected chi connectivity index (χ2v) is 3.35. The second kappa shape index (κ2) is 2.85. The summed E-state index contributed by atoms with van der Waals surface area (Å²) in [6.45, 7) is 1.06. The molecule has 1 atom stereocenters. The lowest BCUT2D eigenvalue weighted by molar-refractivity contribution is 1.000. The van der Waals surface area contributed by atoms with Crippen LogP contribution in [0.1, 0.15) is 6.42 Å². The summed E-state index contributed by atoms with van der Waals surface area (Å²) < 4.78 is 3.21. The van der Waals surface area contributed by atoms with Crippen molar-refractivity contribution in [3.63, 3.8) is 0 Å². The average Bonchev–Trinajstić information content (AvgIpc) is 2.19. The van der Waals surface area contributed by atoms with Gasteiger partial charge < -0.3 is 0 Å². The van der Waals surface area contributed by atoms with Crippen molar-refractivity contribution in [1.82, 2.24) is 4.72 Å². The maximum atomic E-state index is 8.22. The minimum absolute atomic E-state index is 0.137. The lowest BCUT2D eigenvalue weighted by atomic mass is 10.5. The van der Waals surface area contributed by atoms with Crippen LogP contribution in [-0.4, -0.2) is 17.7 Å². The van der Waals surface area contributed by atoms with E-state index in [2.05, 4.69) is 16.2 Å². The molecule has 0 aromatic heterocycles. The minimum Gasteiger partial charge on any atom is -0.269 e. The Bertz CT molecular complexity index is 145. The molecule has 1 aliphatic rings. The van der Waals surface area contributed by atoms with Crippen LogP contribution in [0.3, 0.4) is 0 Å². The van der Waals surface area contributed by atoms with E-state index < -0.39 is 0 Å². The highest BCUT2D eigenvalue weighted by Gasteiger charge is 1.98. The van der Waals surface area contributed by atoms with Gasteiger partial charge in [0.2, 0.25) is 0 Å².